The molecule has 0 spiro atoms. The molecule has 26 heavy (non-hydrogen) atoms. The molecule has 0 saturated heterocycles. The van der Waals surface area contributed by atoms with Crippen molar-refractivity contribution in [2.75, 3.05) is 5.73 Å². The summed E-state index contributed by atoms with van der Waals surface area (Å²) in [7, 11) is 0. The predicted molar refractivity (Wildman–Crippen MR) is 93.1 cm³/mol. The fraction of sp³-hybridized carbons (Fsp3) is 0.412. The third-order valence-electron chi connectivity index (χ3n) is 3.61. The molecule has 1 aromatic carbocycles. The van der Waals surface area contributed by atoms with E-state index in [4.69, 9.17) is 15.9 Å². The van der Waals surface area contributed by atoms with Crippen LogP contribution in [-0.4, -0.2) is 46.0 Å². The fourth-order valence-electron chi connectivity index (χ4n) is 2.22. The van der Waals surface area contributed by atoms with Gasteiger partial charge in [-0.15, -0.1) is 0 Å². The Balaban J connectivity index is 2.80. The summed E-state index contributed by atoms with van der Waals surface area (Å²) < 4.78 is 0. The maximum Gasteiger partial charge on any atom is 0.326 e. The number of carbonyl (C=O) groups is 4. The summed E-state index contributed by atoms with van der Waals surface area (Å²) in [6.07, 6.45) is -0.736. The van der Waals surface area contributed by atoms with Crippen LogP contribution in [0.5, 0.6) is 0 Å². The monoisotopic (exact) mass is 365 g/mol. The molecule has 0 aromatic heterocycles. The Morgan fingerprint density at radius 3 is 2.08 bits per heavy atom. The largest absolute Gasteiger partial charge is 0.481 e. The summed E-state index contributed by atoms with van der Waals surface area (Å²) in [5.41, 5.74) is 6.73. The number of nitrogens with one attached hydrogen (secondary N) is 2. The van der Waals surface area contributed by atoms with Crippen LogP contribution in [0.15, 0.2) is 24.3 Å². The van der Waals surface area contributed by atoms with Gasteiger partial charge in [0.1, 0.15) is 12.1 Å². The van der Waals surface area contributed by atoms with Crippen molar-refractivity contribution in [1.82, 2.24) is 10.6 Å². The quantitative estimate of drug-likeness (QED) is 0.385. The van der Waals surface area contributed by atoms with Gasteiger partial charge in [0.15, 0.2) is 0 Å². The highest BCUT2D eigenvalue weighted by Gasteiger charge is 2.29. The molecule has 0 unspecified atom stereocenters. The van der Waals surface area contributed by atoms with Crippen LogP contribution >= 0.6 is 0 Å². The second-order valence-corrected chi connectivity index (χ2v) is 6.20. The van der Waals surface area contributed by atoms with Gasteiger partial charge in [-0.3, -0.25) is 14.4 Å². The number of aliphatic carboxylic acids is 2. The van der Waals surface area contributed by atoms with Gasteiger partial charge in [-0.2, -0.15) is 0 Å². The van der Waals surface area contributed by atoms with Crippen LogP contribution in [0.25, 0.3) is 0 Å². The van der Waals surface area contributed by atoms with Crippen molar-refractivity contribution < 1.29 is 29.4 Å². The van der Waals surface area contributed by atoms with E-state index in [-0.39, 0.29) is 6.42 Å². The molecule has 0 heterocycles. The molecule has 142 valence electrons. The lowest BCUT2D eigenvalue weighted by Crippen LogP contribution is -2.53. The topological polar surface area (TPSA) is 159 Å². The molecule has 1 aromatic rings. The lowest BCUT2D eigenvalue weighted by molar-refractivity contribution is -0.144. The molecule has 9 nitrogen and oxygen atoms in total. The molecule has 0 aliphatic carbocycles. The maximum absolute atomic E-state index is 12.3. The Hall–Kier alpha value is -3.10. The molecule has 0 radical (unpaired) electrons. The van der Waals surface area contributed by atoms with E-state index in [1.165, 1.54) is 0 Å². The zero-order valence-electron chi connectivity index (χ0n) is 14.6. The summed E-state index contributed by atoms with van der Waals surface area (Å²) in [5, 5.41) is 22.7. The van der Waals surface area contributed by atoms with Crippen LogP contribution < -0.4 is 16.4 Å². The van der Waals surface area contributed by atoms with E-state index in [1.807, 2.05) is 0 Å². The number of hydrogen-bond donors (Lipinski definition) is 5. The van der Waals surface area contributed by atoms with Crippen molar-refractivity contribution >= 4 is 29.4 Å². The first-order valence-electron chi connectivity index (χ1n) is 7.99. The molecule has 0 saturated carbocycles. The molecule has 0 fully saturated rings. The average Bonchev–Trinajstić information content (AvgIpc) is 2.52. The Kier molecular flexibility index (Phi) is 7.57. The Morgan fingerprint density at radius 1 is 1.04 bits per heavy atom. The number of amides is 2. The number of nitrogen functional groups attached to an aromatic ring is 1. The van der Waals surface area contributed by atoms with E-state index in [0.29, 0.717) is 11.3 Å². The molecule has 9 heteroatoms. The van der Waals surface area contributed by atoms with E-state index < -0.39 is 48.2 Å². The highest BCUT2D eigenvalue weighted by Crippen LogP contribution is 2.07. The number of nitrogens with two attached hydrogens (primary N) is 1. The standard InChI is InChI=1S/C17H23N3O6/c1-9(2)15(17(25)26)20-16(24)12(8-14(22)23)19-13(21)7-10-3-5-11(18)6-4-10/h3-6,9,12,15H,7-8,18H2,1-2H3,(H,19,21)(H,20,24)(H,22,23)(H,25,26)/t12-,15-/m0/s1. The third kappa shape index (κ3) is 6.80. The van der Waals surface area contributed by atoms with Gasteiger partial charge in [-0.05, 0) is 23.6 Å². The van der Waals surface area contributed by atoms with Gasteiger partial charge in [0, 0.05) is 5.69 Å². The van der Waals surface area contributed by atoms with E-state index in [9.17, 15) is 19.2 Å². The molecular weight excluding hydrogens is 342 g/mol. The molecule has 0 aliphatic rings. The molecule has 0 bridgehead atoms. The van der Waals surface area contributed by atoms with Gasteiger partial charge >= 0.3 is 11.9 Å². The third-order valence-corrected chi connectivity index (χ3v) is 3.61. The van der Waals surface area contributed by atoms with Crippen LogP contribution in [0.1, 0.15) is 25.8 Å². The molecule has 2 amide bonds. The zero-order valence-corrected chi connectivity index (χ0v) is 14.6. The highest BCUT2D eigenvalue weighted by atomic mass is 16.4. The predicted octanol–water partition coefficient (Wildman–Crippen LogP) is -0.00380. The van der Waals surface area contributed by atoms with Gasteiger partial charge < -0.3 is 26.6 Å². The van der Waals surface area contributed by atoms with E-state index in [1.54, 1.807) is 38.1 Å². The summed E-state index contributed by atoms with van der Waals surface area (Å²) in [5.74, 6) is -4.37. The van der Waals surface area contributed by atoms with Crippen molar-refractivity contribution in [3.05, 3.63) is 29.8 Å². The van der Waals surface area contributed by atoms with E-state index in [0.717, 1.165) is 0 Å². The molecule has 1 rings (SSSR count). The number of rotatable bonds is 9. The van der Waals surface area contributed by atoms with Crippen LogP contribution in [0.4, 0.5) is 5.69 Å². The minimum atomic E-state index is -1.38. The van der Waals surface area contributed by atoms with E-state index in [2.05, 4.69) is 10.6 Å². The molecule has 6 N–H and O–H groups in total. The fourth-order valence-corrected chi connectivity index (χ4v) is 2.22. The van der Waals surface area contributed by atoms with Crippen molar-refractivity contribution in [2.24, 2.45) is 5.92 Å². The molecule has 0 aliphatic heterocycles. The summed E-state index contributed by atoms with van der Waals surface area (Å²) in [6, 6.07) is 3.94. The SMILES string of the molecule is CC(C)[C@H](NC(=O)[C@H](CC(=O)O)NC(=O)Cc1ccc(N)cc1)C(=O)O. The normalized spacial score (nSPS) is 12.9. The first-order valence-corrected chi connectivity index (χ1v) is 7.99. The number of carboxylic acids is 2. The number of carbonyl (C=O) groups excluding carboxylic acids is 2. The first kappa shape index (κ1) is 20.9. The summed E-state index contributed by atoms with van der Waals surface area (Å²) in [4.78, 5) is 46.5. The van der Waals surface area contributed by atoms with Crippen LogP contribution in [-0.2, 0) is 25.6 Å². The number of benzene rings is 1. The second kappa shape index (κ2) is 9.40. The zero-order chi connectivity index (χ0) is 19.9. The Labute approximate surface area is 150 Å². The van der Waals surface area contributed by atoms with Gasteiger partial charge in [0.2, 0.25) is 11.8 Å². The van der Waals surface area contributed by atoms with Crippen LogP contribution in [0.3, 0.4) is 0 Å². The first-order chi connectivity index (χ1) is 12.1. The van der Waals surface area contributed by atoms with Crippen LogP contribution in [0.2, 0.25) is 0 Å². The lowest BCUT2D eigenvalue weighted by atomic mass is 10.0. The molecular formula is C17H23N3O6. The van der Waals surface area contributed by atoms with Gasteiger partial charge in [-0.1, -0.05) is 26.0 Å². The average molecular weight is 365 g/mol. The van der Waals surface area contributed by atoms with Crippen LogP contribution in [0, 0.1) is 5.92 Å². The minimum absolute atomic E-state index is 0.0732. The number of anilines is 1. The second-order valence-electron chi connectivity index (χ2n) is 6.20. The minimum Gasteiger partial charge on any atom is -0.481 e. The summed E-state index contributed by atoms with van der Waals surface area (Å²) in [6.45, 7) is 3.20. The van der Waals surface area contributed by atoms with E-state index >= 15 is 0 Å². The van der Waals surface area contributed by atoms with Gasteiger partial charge in [0.25, 0.3) is 0 Å². The Morgan fingerprint density at radius 2 is 1.62 bits per heavy atom. The maximum atomic E-state index is 12.3. The van der Waals surface area contributed by atoms with Crippen molar-refractivity contribution in [1.29, 1.82) is 0 Å². The number of hydrogen-bond acceptors (Lipinski definition) is 5. The van der Waals surface area contributed by atoms with Crippen molar-refractivity contribution in [3.63, 3.8) is 0 Å². The lowest BCUT2D eigenvalue weighted by Gasteiger charge is -2.22. The number of carboxylic acid groups (broad SMARTS) is 2. The smallest absolute Gasteiger partial charge is 0.326 e. The highest BCUT2D eigenvalue weighted by molar-refractivity contribution is 5.93. The molecule has 2 atom stereocenters. The Bertz CT molecular complexity index is 672. The van der Waals surface area contributed by atoms with Gasteiger partial charge in [-0.25, -0.2) is 4.79 Å². The summed E-state index contributed by atoms with van der Waals surface area (Å²) >= 11 is 0. The van der Waals surface area contributed by atoms with Crippen molar-refractivity contribution in [3.8, 4) is 0 Å². The van der Waals surface area contributed by atoms with Crippen molar-refractivity contribution in [2.45, 2.75) is 38.8 Å². The van der Waals surface area contributed by atoms with Gasteiger partial charge in [0.05, 0.1) is 12.8 Å².